The topological polar surface area (TPSA) is 44.8 Å². The largest absolute Gasteiger partial charge is 0.493 e. The number of methoxy groups -OCH3 is 2. The van der Waals surface area contributed by atoms with Gasteiger partial charge in [0.15, 0.2) is 11.5 Å². The number of para-hydroxylation sites is 1. The highest BCUT2D eigenvalue weighted by atomic mass is 16.5. The molecule has 0 spiro atoms. The molecule has 0 bridgehead atoms. The first-order valence-electron chi connectivity index (χ1n) is 4.61. The van der Waals surface area contributed by atoms with Crippen molar-refractivity contribution in [2.24, 2.45) is 0 Å². The van der Waals surface area contributed by atoms with Crippen LogP contribution in [-0.4, -0.2) is 27.1 Å². The van der Waals surface area contributed by atoms with Crippen LogP contribution in [-0.2, 0) is 4.79 Å². The summed E-state index contributed by atoms with van der Waals surface area (Å²) in [4.78, 5) is 10.1. The summed E-state index contributed by atoms with van der Waals surface area (Å²) < 4.78 is 15.6. The van der Waals surface area contributed by atoms with E-state index in [4.69, 9.17) is 14.2 Å². The van der Waals surface area contributed by atoms with Crippen molar-refractivity contribution in [3.8, 4) is 17.2 Å². The van der Waals surface area contributed by atoms with Gasteiger partial charge in [0.25, 0.3) is 0 Å². The molecule has 0 aromatic heterocycles. The zero-order valence-electron chi connectivity index (χ0n) is 8.86. The molecule has 0 radical (unpaired) electrons. The quantitative estimate of drug-likeness (QED) is 0.529. The molecule has 0 fully saturated rings. The number of hydrogen-bond acceptors (Lipinski definition) is 4. The maximum Gasteiger partial charge on any atom is 0.203 e. The van der Waals surface area contributed by atoms with Crippen molar-refractivity contribution in [2.75, 3.05) is 20.8 Å². The number of aldehydes is 1. The van der Waals surface area contributed by atoms with Gasteiger partial charge in [0.05, 0.1) is 20.8 Å². The molecule has 15 heavy (non-hydrogen) atoms. The average Bonchev–Trinajstić information content (AvgIpc) is 2.29. The van der Waals surface area contributed by atoms with E-state index in [1.807, 2.05) is 0 Å². The van der Waals surface area contributed by atoms with E-state index in [2.05, 4.69) is 0 Å². The Morgan fingerprint density at radius 2 is 1.93 bits per heavy atom. The maximum absolute atomic E-state index is 10.1. The molecule has 1 aromatic rings. The summed E-state index contributed by atoms with van der Waals surface area (Å²) in [6, 6.07) is 5.36. The predicted molar refractivity (Wildman–Crippen MR) is 55.7 cm³/mol. The molecular formula is C11H14O4. The molecule has 0 atom stereocenters. The van der Waals surface area contributed by atoms with Crippen LogP contribution in [0.3, 0.4) is 0 Å². The number of benzene rings is 1. The van der Waals surface area contributed by atoms with E-state index >= 15 is 0 Å². The Balaban J connectivity index is 2.81. The van der Waals surface area contributed by atoms with Crippen LogP contribution >= 0.6 is 0 Å². The third-order valence-electron chi connectivity index (χ3n) is 1.86. The zero-order valence-corrected chi connectivity index (χ0v) is 8.86. The van der Waals surface area contributed by atoms with E-state index < -0.39 is 0 Å². The highest BCUT2D eigenvalue weighted by Crippen LogP contribution is 2.36. The molecule has 0 amide bonds. The third-order valence-corrected chi connectivity index (χ3v) is 1.86. The van der Waals surface area contributed by atoms with Gasteiger partial charge < -0.3 is 19.0 Å². The molecule has 0 unspecified atom stereocenters. The fraction of sp³-hybridized carbons (Fsp3) is 0.364. The van der Waals surface area contributed by atoms with E-state index in [0.29, 0.717) is 30.3 Å². The highest BCUT2D eigenvalue weighted by molar-refractivity contribution is 5.52. The maximum atomic E-state index is 10.1. The van der Waals surface area contributed by atoms with E-state index in [9.17, 15) is 4.79 Å². The lowest BCUT2D eigenvalue weighted by Gasteiger charge is -2.12. The Hall–Kier alpha value is -1.71. The van der Waals surface area contributed by atoms with E-state index in [1.54, 1.807) is 32.4 Å². The van der Waals surface area contributed by atoms with Gasteiger partial charge in [-0.2, -0.15) is 0 Å². The van der Waals surface area contributed by atoms with Gasteiger partial charge in [0.2, 0.25) is 5.75 Å². The number of carbonyl (C=O) groups excluding carboxylic acids is 1. The number of carbonyl (C=O) groups is 1. The summed E-state index contributed by atoms with van der Waals surface area (Å²) in [6.07, 6.45) is 1.17. The van der Waals surface area contributed by atoms with Gasteiger partial charge in [-0.15, -0.1) is 0 Å². The van der Waals surface area contributed by atoms with Gasteiger partial charge in [0.1, 0.15) is 6.29 Å². The van der Waals surface area contributed by atoms with Gasteiger partial charge in [0, 0.05) is 6.42 Å². The zero-order chi connectivity index (χ0) is 11.1. The van der Waals surface area contributed by atoms with Crippen molar-refractivity contribution < 1.29 is 19.0 Å². The normalized spacial score (nSPS) is 9.47. The van der Waals surface area contributed by atoms with Crippen molar-refractivity contribution >= 4 is 6.29 Å². The van der Waals surface area contributed by atoms with Crippen molar-refractivity contribution in [3.63, 3.8) is 0 Å². The average molecular weight is 210 g/mol. The molecule has 0 aliphatic heterocycles. The van der Waals surface area contributed by atoms with Crippen LogP contribution in [0.25, 0.3) is 0 Å². The van der Waals surface area contributed by atoms with Crippen molar-refractivity contribution in [1.29, 1.82) is 0 Å². The van der Waals surface area contributed by atoms with E-state index in [-0.39, 0.29) is 0 Å². The van der Waals surface area contributed by atoms with Crippen molar-refractivity contribution in [1.82, 2.24) is 0 Å². The van der Waals surface area contributed by atoms with Crippen LogP contribution in [0.5, 0.6) is 17.2 Å². The first-order valence-corrected chi connectivity index (χ1v) is 4.61. The first kappa shape index (κ1) is 11.4. The second kappa shape index (κ2) is 5.90. The lowest BCUT2D eigenvalue weighted by molar-refractivity contribution is -0.108. The van der Waals surface area contributed by atoms with Crippen LogP contribution in [0.4, 0.5) is 0 Å². The van der Waals surface area contributed by atoms with Gasteiger partial charge in [-0.1, -0.05) is 6.07 Å². The third kappa shape index (κ3) is 2.87. The van der Waals surface area contributed by atoms with Gasteiger partial charge >= 0.3 is 0 Å². The Kier molecular flexibility index (Phi) is 4.47. The lowest BCUT2D eigenvalue weighted by atomic mass is 10.3. The summed E-state index contributed by atoms with van der Waals surface area (Å²) >= 11 is 0. The van der Waals surface area contributed by atoms with Crippen LogP contribution < -0.4 is 14.2 Å². The van der Waals surface area contributed by atoms with Crippen molar-refractivity contribution in [2.45, 2.75) is 6.42 Å². The number of hydrogen-bond donors (Lipinski definition) is 0. The molecule has 1 rings (SSSR count). The van der Waals surface area contributed by atoms with Crippen LogP contribution in [0.15, 0.2) is 18.2 Å². The Bertz CT molecular complexity index is 322. The summed E-state index contributed by atoms with van der Waals surface area (Å²) in [7, 11) is 3.11. The fourth-order valence-electron chi connectivity index (χ4n) is 1.19. The standard InChI is InChI=1S/C11H14O4/c1-13-9-5-3-6-10(11(9)14-2)15-8-4-7-12/h3,5-7H,4,8H2,1-2H3. The number of rotatable bonds is 6. The van der Waals surface area contributed by atoms with E-state index in [1.165, 1.54) is 0 Å². The van der Waals surface area contributed by atoms with Gasteiger partial charge in [-0.3, -0.25) is 0 Å². The monoisotopic (exact) mass is 210 g/mol. The molecule has 0 saturated heterocycles. The summed E-state index contributed by atoms with van der Waals surface area (Å²) in [5, 5.41) is 0. The summed E-state index contributed by atoms with van der Waals surface area (Å²) in [5.41, 5.74) is 0. The molecule has 0 heterocycles. The Morgan fingerprint density at radius 3 is 2.53 bits per heavy atom. The fourth-order valence-corrected chi connectivity index (χ4v) is 1.19. The van der Waals surface area contributed by atoms with Crippen molar-refractivity contribution in [3.05, 3.63) is 18.2 Å². The molecule has 0 aliphatic carbocycles. The Morgan fingerprint density at radius 1 is 1.20 bits per heavy atom. The molecule has 4 nitrogen and oxygen atoms in total. The van der Waals surface area contributed by atoms with Gasteiger partial charge in [-0.05, 0) is 12.1 Å². The molecule has 1 aromatic carbocycles. The van der Waals surface area contributed by atoms with Crippen LogP contribution in [0.1, 0.15) is 6.42 Å². The second-order valence-corrected chi connectivity index (χ2v) is 2.80. The van der Waals surface area contributed by atoms with Crippen LogP contribution in [0.2, 0.25) is 0 Å². The molecule has 0 aliphatic rings. The lowest BCUT2D eigenvalue weighted by Crippen LogP contribution is -2.00. The number of ether oxygens (including phenoxy) is 3. The summed E-state index contributed by atoms with van der Waals surface area (Å²) in [6.45, 7) is 0.340. The molecule has 4 heteroatoms. The molecule has 0 saturated carbocycles. The molecule has 82 valence electrons. The molecule has 0 N–H and O–H groups in total. The second-order valence-electron chi connectivity index (χ2n) is 2.80. The highest BCUT2D eigenvalue weighted by Gasteiger charge is 2.09. The van der Waals surface area contributed by atoms with Crippen LogP contribution in [0, 0.1) is 0 Å². The first-order chi connectivity index (χ1) is 7.33. The SMILES string of the molecule is COc1cccc(OCCC=O)c1OC. The Labute approximate surface area is 88.8 Å². The molecular weight excluding hydrogens is 196 g/mol. The minimum absolute atomic E-state index is 0.340. The summed E-state index contributed by atoms with van der Waals surface area (Å²) in [5.74, 6) is 1.74. The smallest absolute Gasteiger partial charge is 0.203 e. The minimum atomic E-state index is 0.340. The predicted octanol–water partition coefficient (Wildman–Crippen LogP) is 1.67. The van der Waals surface area contributed by atoms with E-state index in [0.717, 1.165) is 6.29 Å². The minimum Gasteiger partial charge on any atom is -0.493 e. The van der Waals surface area contributed by atoms with Gasteiger partial charge in [-0.25, -0.2) is 0 Å².